The van der Waals surface area contributed by atoms with E-state index in [1.807, 2.05) is 0 Å². The Hall–Kier alpha value is -0.260. The second-order valence-corrected chi connectivity index (χ2v) is 3.92. The molecule has 2 atom stereocenters. The molecule has 0 saturated carbocycles. The van der Waals surface area contributed by atoms with Crippen molar-refractivity contribution in [1.29, 1.82) is 0 Å². The predicted octanol–water partition coefficient (Wildman–Crippen LogP) is 3.39. The van der Waals surface area contributed by atoms with E-state index in [1.54, 1.807) is 11.1 Å². The Bertz CT molecular complexity index is 135. The molecule has 58 valence electrons. The molecular formula is C10H18. The molecule has 0 aliphatic heterocycles. The van der Waals surface area contributed by atoms with Gasteiger partial charge in [0, 0.05) is 0 Å². The van der Waals surface area contributed by atoms with Crippen LogP contribution in [-0.2, 0) is 0 Å². The van der Waals surface area contributed by atoms with Crippen LogP contribution in [0.5, 0.6) is 0 Å². The molecule has 0 aromatic rings. The van der Waals surface area contributed by atoms with Crippen molar-refractivity contribution >= 4 is 0 Å². The minimum Gasteiger partial charge on any atom is -0.0741 e. The fraction of sp³-hybridized carbons (Fsp3) is 0.800. The van der Waals surface area contributed by atoms with Crippen molar-refractivity contribution < 1.29 is 0 Å². The molecular weight excluding hydrogens is 120 g/mol. The molecule has 1 unspecified atom stereocenters. The molecule has 0 nitrogen and oxygen atoms in total. The molecule has 0 fully saturated rings. The first-order valence-electron chi connectivity index (χ1n) is 4.26. The lowest BCUT2D eigenvalue weighted by Gasteiger charge is -2.27. The smallest absolute Gasteiger partial charge is 0.0292 e. The van der Waals surface area contributed by atoms with Crippen LogP contribution in [0.2, 0.25) is 0 Å². The molecule has 1 rings (SSSR count). The molecule has 0 aromatic heterocycles. The van der Waals surface area contributed by atoms with Crippen molar-refractivity contribution in [3.8, 4) is 0 Å². The van der Waals surface area contributed by atoms with E-state index in [4.69, 9.17) is 0 Å². The van der Waals surface area contributed by atoms with Gasteiger partial charge in [-0.15, -0.1) is 0 Å². The van der Waals surface area contributed by atoms with E-state index in [0.29, 0.717) is 0 Å². The monoisotopic (exact) mass is 138 g/mol. The predicted molar refractivity (Wildman–Crippen MR) is 45.9 cm³/mol. The highest BCUT2D eigenvalue weighted by Crippen LogP contribution is 2.32. The van der Waals surface area contributed by atoms with Crippen LogP contribution in [-0.4, -0.2) is 0 Å². The average molecular weight is 138 g/mol. The maximum Gasteiger partial charge on any atom is -0.0292 e. The van der Waals surface area contributed by atoms with E-state index in [2.05, 4.69) is 27.7 Å². The van der Waals surface area contributed by atoms with Crippen LogP contribution in [0.1, 0.15) is 40.5 Å². The van der Waals surface area contributed by atoms with Crippen LogP contribution in [0.25, 0.3) is 0 Å². The minimum atomic E-state index is 0.906. The fourth-order valence-electron chi connectivity index (χ4n) is 1.72. The van der Waals surface area contributed by atoms with E-state index in [0.717, 1.165) is 11.8 Å². The van der Waals surface area contributed by atoms with E-state index in [-0.39, 0.29) is 0 Å². The van der Waals surface area contributed by atoms with Gasteiger partial charge in [-0.2, -0.15) is 0 Å². The highest BCUT2D eigenvalue weighted by molar-refractivity contribution is 5.14. The SMILES string of the molecule is CC1=C(C)C[C@@H](C)C(C)C1. The van der Waals surface area contributed by atoms with Crippen molar-refractivity contribution in [3.63, 3.8) is 0 Å². The van der Waals surface area contributed by atoms with Gasteiger partial charge in [-0.1, -0.05) is 25.0 Å². The Morgan fingerprint density at radius 2 is 1.20 bits per heavy atom. The van der Waals surface area contributed by atoms with Gasteiger partial charge in [0.15, 0.2) is 0 Å². The third-order valence-corrected chi connectivity index (χ3v) is 2.96. The maximum atomic E-state index is 2.36. The molecule has 0 heteroatoms. The first kappa shape index (κ1) is 7.84. The minimum absolute atomic E-state index is 0.906. The number of rotatable bonds is 0. The summed E-state index contributed by atoms with van der Waals surface area (Å²) in [5.74, 6) is 1.81. The molecule has 0 N–H and O–H groups in total. The normalized spacial score (nSPS) is 34.8. The highest BCUT2D eigenvalue weighted by atomic mass is 14.2. The van der Waals surface area contributed by atoms with Crippen molar-refractivity contribution in [1.82, 2.24) is 0 Å². The molecule has 0 spiro atoms. The lowest BCUT2D eigenvalue weighted by atomic mass is 9.79. The molecule has 0 aromatic carbocycles. The summed E-state index contributed by atoms with van der Waals surface area (Å²) >= 11 is 0. The standard InChI is InChI=1S/C10H18/c1-7-5-9(3)10(4)6-8(7)2/h7-8H,5-6H2,1-4H3/t7-,8?/m1/s1. The number of hydrogen-bond donors (Lipinski definition) is 0. The highest BCUT2D eigenvalue weighted by Gasteiger charge is 2.19. The molecule has 0 amide bonds. The molecule has 1 aliphatic rings. The van der Waals surface area contributed by atoms with E-state index in [9.17, 15) is 0 Å². The maximum absolute atomic E-state index is 2.36. The lowest BCUT2D eigenvalue weighted by Crippen LogP contribution is -2.14. The van der Waals surface area contributed by atoms with Gasteiger partial charge in [-0.3, -0.25) is 0 Å². The van der Waals surface area contributed by atoms with Gasteiger partial charge in [0.25, 0.3) is 0 Å². The Kier molecular flexibility index (Phi) is 2.18. The Morgan fingerprint density at radius 1 is 0.900 bits per heavy atom. The number of hydrogen-bond acceptors (Lipinski definition) is 0. The zero-order valence-electron chi connectivity index (χ0n) is 7.57. The first-order chi connectivity index (χ1) is 4.61. The Balaban J connectivity index is 2.69. The molecule has 0 heterocycles. The Labute approximate surface area is 64.3 Å². The van der Waals surface area contributed by atoms with Gasteiger partial charge >= 0.3 is 0 Å². The molecule has 0 saturated heterocycles. The topological polar surface area (TPSA) is 0 Å². The van der Waals surface area contributed by atoms with Crippen LogP contribution in [0.4, 0.5) is 0 Å². The van der Waals surface area contributed by atoms with Crippen LogP contribution < -0.4 is 0 Å². The summed E-state index contributed by atoms with van der Waals surface area (Å²) in [6, 6.07) is 0. The summed E-state index contributed by atoms with van der Waals surface area (Å²) in [6.07, 6.45) is 2.65. The number of allylic oxidation sites excluding steroid dienone is 2. The fourth-order valence-corrected chi connectivity index (χ4v) is 1.72. The molecule has 1 aliphatic carbocycles. The van der Waals surface area contributed by atoms with Crippen LogP contribution >= 0.6 is 0 Å². The average Bonchev–Trinajstić information content (AvgIpc) is 1.84. The van der Waals surface area contributed by atoms with Gasteiger partial charge in [0.1, 0.15) is 0 Å². The summed E-state index contributed by atoms with van der Waals surface area (Å²) in [5.41, 5.74) is 3.26. The van der Waals surface area contributed by atoms with Crippen molar-refractivity contribution in [2.75, 3.05) is 0 Å². The third kappa shape index (κ3) is 1.42. The summed E-state index contributed by atoms with van der Waals surface area (Å²) in [5, 5.41) is 0. The van der Waals surface area contributed by atoms with Gasteiger partial charge in [-0.05, 0) is 38.5 Å². The van der Waals surface area contributed by atoms with E-state index in [1.165, 1.54) is 12.8 Å². The lowest BCUT2D eigenvalue weighted by molar-refractivity contribution is 0.359. The summed E-state index contributed by atoms with van der Waals surface area (Å²) < 4.78 is 0. The van der Waals surface area contributed by atoms with E-state index < -0.39 is 0 Å². The largest absolute Gasteiger partial charge is 0.0741 e. The molecule has 0 radical (unpaired) electrons. The quantitative estimate of drug-likeness (QED) is 0.450. The van der Waals surface area contributed by atoms with Crippen LogP contribution in [0.3, 0.4) is 0 Å². The van der Waals surface area contributed by atoms with Crippen molar-refractivity contribution in [2.24, 2.45) is 11.8 Å². The Morgan fingerprint density at radius 3 is 1.50 bits per heavy atom. The third-order valence-electron chi connectivity index (χ3n) is 2.96. The van der Waals surface area contributed by atoms with Gasteiger partial charge < -0.3 is 0 Å². The van der Waals surface area contributed by atoms with Crippen molar-refractivity contribution in [2.45, 2.75) is 40.5 Å². The van der Waals surface area contributed by atoms with Gasteiger partial charge in [0.2, 0.25) is 0 Å². The zero-order valence-corrected chi connectivity index (χ0v) is 7.57. The van der Waals surface area contributed by atoms with E-state index >= 15 is 0 Å². The first-order valence-corrected chi connectivity index (χ1v) is 4.26. The van der Waals surface area contributed by atoms with Gasteiger partial charge in [-0.25, -0.2) is 0 Å². The molecule has 0 bridgehead atoms. The van der Waals surface area contributed by atoms with Crippen molar-refractivity contribution in [3.05, 3.63) is 11.1 Å². The second kappa shape index (κ2) is 2.77. The molecule has 10 heavy (non-hydrogen) atoms. The van der Waals surface area contributed by atoms with Gasteiger partial charge in [0.05, 0.1) is 0 Å². The van der Waals surface area contributed by atoms with Crippen LogP contribution in [0, 0.1) is 11.8 Å². The van der Waals surface area contributed by atoms with Crippen LogP contribution in [0.15, 0.2) is 11.1 Å². The summed E-state index contributed by atoms with van der Waals surface area (Å²) in [6.45, 7) is 9.27. The second-order valence-electron chi connectivity index (χ2n) is 3.92. The summed E-state index contributed by atoms with van der Waals surface area (Å²) in [7, 11) is 0. The zero-order chi connectivity index (χ0) is 7.72. The summed E-state index contributed by atoms with van der Waals surface area (Å²) in [4.78, 5) is 0.